The molecule has 1 atom stereocenters. The number of fused-ring (bicyclic) bond motifs is 4. The van der Waals surface area contributed by atoms with Crippen molar-refractivity contribution in [2.24, 2.45) is 0 Å². The zero-order valence-electron chi connectivity index (χ0n) is 22.1. The molecule has 38 heavy (non-hydrogen) atoms. The molecule has 194 valence electrons. The first kappa shape index (κ1) is 24.4. The zero-order chi connectivity index (χ0) is 26.1. The number of nitrogens with one attached hydrogen (secondary N) is 1. The molecule has 0 fully saturated rings. The van der Waals surface area contributed by atoms with Crippen molar-refractivity contribution >= 4 is 5.91 Å². The average Bonchev–Trinajstić information content (AvgIpc) is 3.35. The summed E-state index contributed by atoms with van der Waals surface area (Å²) in [6.45, 7) is 0. The Morgan fingerprint density at radius 3 is 2.37 bits per heavy atom. The number of rotatable bonds is 7. The van der Waals surface area contributed by atoms with E-state index in [4.69, 9.17) is 9.47 Å². The Morgan fingerprint density at radius 1 is 0.868 bits per heavy atom. The van der Waals surface area contributed by atoms with Gasteiger partial charge in [0.05, 0.1) is 31.6 Å². The Hall–Kier alpha value is -3.99. The molecule has 0 saturated carbocycles. The van der Waals surface area contributed by atoms with Gasteiger partial charge in [-0.15, -0.1) is 0 Å². The summed E-state index contributed by atoms with van der Waals surface area (Å²) in [4.78, 5) is 13.2. The van der Waals surface area contributed by atoms with Gasteiger partial charge in [0, 0.05) is 35.9 Å². The Bertz CT molecular complexity index is 1460. The van der Waals surface area contributed by atoms with Crippen molar-refractivity contribution < 1.29 is 14.3 Å². The minimum Gasteiger partial charge on any atom is -0.497 e. The summed E-state index contributed by atoms with van der Waals surface area (Å²) in [7, 11) is 3.35. The van der Waals surface area contributed by atoms with Crippen LogP contribution in [-0.4, -0.2) is 24.7 Å². The van der Waals surface area contributed by atoms with Gasteiger partial charge in [-0.25, -0.2) is 0 Å². The maximum atomic E-state index is 13.2. The highest BCUT2D eigenvalue weighted by Crippen LogP contribution is 2.39. The molecule has 4 aromatic rings. The van der Waals surface area contributed by atoms with Crippen LogP contribution in [0.1, 0.15) is 53.3 Å². The lowest BCUT2D eigenvalue weighted by Gasteiger charge is -2.26. The van der Waals surface area contributed by atoms with E-state index in [-0.39, 0.29) is 11.9 Å². The van der Waals surface area contributed by atoms with Crippen molar-refractivity contribution in [3.8, 4) is 28.4 Å². The number of benzene rings is 3. The van der Waals surface area contributed by atoms with Crippen molar-refractivity contribution in [3.05, 3.63) is 101 Å². The summed E-state index contributed by atoms with van der Waals surface area (Å²) >= 11 is 0. The molecule has 0 spiro atoms. The summed E-state index contributed by atoms with van der Waals surface area (Å²) in [5, 5.41) is 3.33. The third-order valence-corrected chi connectivity index (χ3v) is 8.00. The largest absolute Gasteiger partial charge is 0.497 e. The van der Waals surface area contributed by atoms with Crippen molar-refractivity contribution in [2.75, 3.05) is 14.2 Å². The van der Waals surface area contributed by atoms with Gasteiger partial charge >= 0.3 is 0 Å². The smallest absolute Gasteiger partial charge is 0.220 e. The molecule has 1 unspecified atom stereocenters. The number of methoxy groups -OCH3 is 2. The number of nitrogens with zero attached hydrogens (tertiary/aromatic N) is 1. The van der Waals surface area contributed by atoms with Crippen LogP contribution < -0.4 is 14.8 Å². The van der Waals surface area contributed by atoms with E-state index < -0.39 is 0 Å². The summed E-state index contributed by atoms with van der Waals surface area (Å²) < 4.78 is 13.5. The minimum absolute atomic E-state index is 0.0982. The SMILES string of the molecule is COc1cc(OC)cc(-n2c(CCC(=O)NC3CCCc4ccccc43)cc3c2-c2ccccc2CC3)c1. The molecule has 3 aromatic carbocycles. The van der Waals surface area contributed by atoms with Crippen molar-refractivity contribution in [1.82, 2.24) is 9.88 Å². The van der Waals surface area contributed by atoms with Crippen LogP contribution in [0.3, 0.4) is 0 Å². The maximum Gasteiger partial charge on any atom is 0.220 e. The molecule has 1 heterocycles. The lowest BCUT2D eigenvalue weighted by atomic mass is 9.87. The molecule has 0 radical (unpaired) electrons. The van der Waals surface area contributed by atoms with Gasteiger partial charge in [0.2, 0.25) is 5.91 Å². The second kappa shape index (κ2) is 10.4. The molecule has 1 aromatic heterocycles. The number of carbonyl (C=O) groups is 1. The van der Waals surface area contributed by atoms with Crippen LogP contribution >= 0.6 is 0 Å². The highest BCUT2D eigenvalue weighted by molar-refractivity contribution is 5.78. The number of amides is 1. The second-order valence-corrected chi connectivity index (χ2v) is 10.3. The van der Waals surface area contributed by atoms with Crippen LogP contribution in [0.25, 0.3) is 16.9 Å². The number of aromatic nitrogens is 1. The molecule has 0 saturated heterocycles. The number of aryl methyl sites for hydroxylation is 4. The first-order valence-electron chi connectivity index (χ1n) is 13.6. The number of hydrogen-bond donors (Lipinski definition) is 1. The van der Waals surface area contributed by atoms with Crippen molar-refractivity contribution in [3.63, 3.8) is 0 Å². The standard InChI is InChI=1S/C33H34N2O3/c1-37-27-19-26(20-28(21-27)38-2)35-25(18-24-15-14-23-9-4-6-12-30(23)33(24)35)16-17-32(36)34-31-13-7-10-22-8-3-5-11-29(22)31/h3-6,8-9,11-12,18-21,31H,7,10,13-17H2,1-2H3,(H,34,36). The molecule has 2 aliphatic carbocycles. The predicted octanol–water partition coefficient (Wildman–Crippen LogP) is 6.39. The van der Waals surface area contributed by atoms with Gasteiger partial charge in [0.1, 0.15) is 11.5 Å². The molecule has 6 rings (SSSR count). The fourth-order valence-electron chi connectivity index (χ4n) is 6.16. The summed E-state index contributed by atoms with van der Waals surface area (Å²) in [5.41, 5.74) is 9.87. The van der Waals surface area contributed by atoms with Gasteiger partial charge in [-0.3, -0.25) is 4.79 Å². The van der Waals surface area contributed by atoms with Gasteiger partial charge in [-0.2, -0.15) is 0 Å². The quantitative estimate of drug-likeness (QED) is 0.316. The summed E-state index contributed by atoms with van der Waals surface area (Å²) in [5.74, 6) is 1.58. The third-order valence-electron chi connectivity index (χ3n) is 8.00. The van der Waals surface area contributed by atoms with Crippen molar-refractivity contribution in [2.45, 2.75) is 51.0 Å². The first-order chi connectivity index (χ1) is 18.6. The molecular formula is C33H34N2O3. The highest BCUT2D eigenvalue weighted by Gasteiger charge is 2.25. The Labute approximate surface area is 224 Å². The normalized spacial score (nSPS) is 15.7. The Morgan fingerprint density at radius 2 is 1.58 bits per heavy atom. The van der Waals surface area contributed by atoms with E-state index in [0.717, 1.165) is 55.0 Å². The van der Waals surface area contributed by atoms with Gasteiger partial charge in [0.15, 0.2) is 0 Å². The van der Waals surface area contributed by atoms with Crippen LogP contribution in [-0.2, 0) is 30.5 Å². The fourth-order valence-corrected chi connectivity index (χ4v) is 6.16. The Balaban J connectivity index is 1.33. The highest BCUT2D eigenvalue weighted by atomic mass is 16.5. The van der Waals surface area contributed by atoms with E-state index >= 15 is 0 Å². The van der Waals surface area contributed by atoms with Gasteiger partial charge in [-0.05, 0) is 66.8 Å². The molecule has 1 amide bonds. The van der Waals surface area contributed by atoms with Gasteiger partial charge in [0.25, 0.3) is 0 Å². The molecule has 5 heteroatoms. The second-order valence-electron chi connectivity index (χ2n) is 10.3. The number of hydrogen-bond acceptors (Lipinski definition) is 3. The Kier molecular flexibility index (Phi) is 6.67. The third kappa shape index (κ3) is 4.58. The molecular weight excluding hydrogens is 472 g/mol. The predicted molar refractivity (Wildman–Crippen MR) is 150 cm³/mol. The van der Waals surface area contributed by atoms with E-state index in [2.05, 4.69) is 64.5 Å². The van der Waals surface area contributed by atoms with E-state index in [1.54, 1.807) is 14.2 Å². The topological polar surface area (TPSA) is 52.5 Å². The number of ether oxygens (including phenoxy) is 2. The average molecular weight is 507 g/mol. The van der Waals surface area contributed by atoms with E-state index in [0.29, 0.717) is 12.8 Å². The van der Waals surface area contributed by atoms with E-state index in [9.17, 15) is 4.79 Å². The molecule has 0 bridgehead atoms. The molecule has 1 N–H and O–H groups in total. The zero-order valence-corrected chi connectivity index (χ0v) is 22.1. The molecule has 0 aliphatic heterocycles. The van der Waals surface area contributed by atoms with Crippen LogP contribution in [0.4, 0.5) is 0 Å². The maximum absolute atomic E-state index is 13.2. The van der Waals surface area contributed by atoms with E-state index in [1.165, 1.54) is 33.5 Å². The lowest BCUT2D eigenvalue weighted by molar-refractivity contribution is -0.121. The van der Waals surface area contributed by atoms with Gasteiger partial charge < -0.3 is 19.4 Å². The molecule has 2 aliphatic rings. The van der Waals surface area contributed by atoms with Crippen LogP contribution in [0, 0.1) is 0 Å². The lowest BCUT2D eigenvalue weighted by Crippen LogP contribution is -2.31. The molecule has 5 nitrogen and oxygen atoms in total. The van der Waals surface area contributed by atoms with Crippen LogP contribution in [0.2, 0.25) is 0 Å². The van der Waals surface area contributed by atoms with Crippen LogP contribution in [0.15, 0.2) is 72.8 Å². The van der Waals surface area contributed by atoms with E-state index in [1.807, 2.05) is 18.2 Å². The van der Waals surface area contributed by atoms with Crippen molar-refractivity contribution in [1.29, 1.82) is 0 Å². The number of carbonyl (C=O) groups excluding carboxylic acids is 1. The summed E-state index contributed by atoms with van der Waals surface area (Å²) in [6.07, 6.45) is 6.28. The summed E-state index contributed by atoms with van der Waals surface area (Å²) in [6, 6.07) is 25.5. The fraction of sp³-hybridized carbons (Fsp3) is 0.303. The first-order valence-corrected chi connectivity index (χ1v) is 13.6. The van der Waals surface area contributed by atoms with Crippen LogP contribution in [0.5, 0.6) is 11.5 Å². The minimum atomic E-state index is 0.0982. The van der Waals surface area contributed by atoms with Gasteiger partial charge in [-0.1, -0.05) is 48.5 Å². The monoisotopic (exact) mass is 506 g/mol.